The number of aliphatic hydroxyl groups is 1. The van der Waals surface area contributed by atoms with Crippen molar-refractivity contribution in [3.63, 3.8) is 0 Å². The summed E-state index contributed by atoms with van der Waals surface area (Å²) in [5.74, 6) is 5.67. The Labute approximate surface area is 196 Å². The van der Waals surface area contributed by atoms with Crippen LogP contribution in [0.25, 0.3) is 11.1 Å². The van der Waals surface area contributed by atoms with Gasteiger partial charge in [0.15, 0.2) is 20.3 Å². The van der Waals surface area contributed by atoms with Gasteiger partial charge in [0.05, 0.1) is 0 Å². The van der Waals surface area contributed by atoms with E-state index in [0.29, 0.717) is 17.1 Å². The van der Waals surface area contributed by atoms with E-state index in [2.05, 4.69) is 11.8 Å². The number of amides is 1. The van der Waals surface area contributed by atoms with Gasteiger partial charge in [-0.2, -0.15) is 0 Å². The number of sulfone groups is 1. The van der Waals surface area contributed by atoms with Crippen LogP contribution in [0.1, 0.15) is 30.4 Å². The number of hydrogen-bond donors (Lipinski definition) is 3. The monoisotopic (exact) mass is 484 g/mol. The molecule has 0 aliphatic heterocycles. The van der Waals surface area contributed by atoms with E-state index in [9.17, 15) is 18.0 Å². The van der Waals surface area contributed by atoms with E-state index in [4.69, 9.17) is 14.7 Å². The van der Waals surface area contributed by atoms with Crippen LogP contribution in [0.15, 0.2) is 63.9 Å². The first kappa shape index (κ1) is 25.0. The molecule has 1 amide bonds. The van der Waals surface area contributed by atoms with Crippen LogP contribution in [0.4, 0.5) is 0 Å². The number of rotatable bonds is 7. The number of aromatic nitrogens is 1. The first-order chi connectivity index (χ1) is 16.1. The highest BCUT2D eigenvalue weighted by atomic mass is 32.2. The van der Waals surface area contributed by atoms with E-state index in [1.165, 1.54) is 29.2 Å². The molecular weight excluding hydrogens is 460 g/mol. The van der Waals surface area contributed by atoms with Gasteiger partial charge in [-0.3, -0.25) is 14.8 Å². The van der Waals surface area contributed by atoms with Gasteiger partial charge < -0.3 is 14.1 Å². The zero-order valence-electron chi connectivity index (χ0n) is 18.6. The van der Waals surface area contributed by atoms with Crippen molar-refractivity contribution in [1.82, 2.24) is 10.0 Å². The number of hydrogen-bond acceptors (Lipinski definition) is 7. The Kier molecular flexibility index (Phi) is 7.41. The summed E-state index contributed by atoms with van der Waals surface area (Å²) in [6.45, 7) is 0.981. The van der Waals surface area contributed by atoms with Crippen molar-refractivity contribution in [3.8, 4) is 23.0 Å². The molecule has 0 aliphatic carbocycles. The Morgan fingerprint density at radius 3 is 2.38 bits per heavy atom. The van der Waals surface area contributed by atoms with Crippen LogP contribution in [0.2, 0.25) is 0 Å². The highest BCUT2D eigenvalue weighted by Crippen LogP contribution is 2.23. The van der Waals surface area contributed by atoms with Crippen molar-refractivity contribution in [2.24, 2.45) is 0 Å². The number of aryl methyl sites for hydroxylation is 1. The second kappa shape index (κ2) is 10.1. The number of benzene rings is 1. The third-order valence-electron chi connectivity index (χ3n) is 5.59. The van der Waals surface area contributed by atoms with Crippen molar-refractivity contribution in [2.75, 3.05) is 6.26 Å². The molecule has 0 fully saturated rings. The average molecular weight is 485 g/mol. The van der Waals surface area contributed by atoms with Crippen molar-refractivity contribution in [1.29, 1.82) is 0 Å². The maximum Gasteiger partial charge on any atom is 0.264 e. The van der Waals surface area contributed by atoms with Gasteiger partial charge >= 0.3 is 0 Å². The van der Waals surface area contributed by atoms with Crippen molar-refractivity contribution in [2.45, 2.75) is 31.2 Å². The SMILES string of the molecule is CC(CCn1ccc(-c2ccc(C#Cc3ccc(CO)o3)cc2)cc1=O)(C(=O)NO)S(C)(=O)=O. The maximum atomic E-state index is 12.6. The number of furan rings is 1. The molecule has 1 atom stereocenters. The molecule has 3 rings (SSSR count). The molecule has 34 heavy (non-hydrogen) atoms. The molecule has 9 nitrogen and oxygen atoms in total. The zero-order valence-corrected chi connectivity index (χ0v) is 19.4. The normalized spacial score (nSPS) is 12.9. The maximum absolute atomic E-state index is 12.6. The van der Waals surface area contributed by atoms with Crippen LogP contribution < -0.4 is 11.0 Å². The third kappa shape index (κ3) is 5.46. The second-order valence-corrected chi connectivity index (χ2v) is 10.3. The lowest BCUT2D eigenvalue weighted by atomic mass is 10.0. The lowest BCUT2D eigenvalue weighted by Crippen LogP contribution is -2.49. The summed E-state index contributed by atoms with van der Waals surface area (Å²) in [7, 11) is -3.85. The molecule has 2 aromatic heterocycles. The van der Waals surface area contributed by atoms with E-state index in [0.717, 1.165) is 17.4 Å². The minimum Gasteiger partial charge on any atom is -0.450 e. The first-order valence-corrected chi connectivity index (χ1v) is 12.1. The zero-order chi connectivity index (χ0) is 24.9. The smallest absolute Gasteiger partial charge is 0.264 e. The van der Waals surface area contributed by atoms with Gasteiger partial charge in [0.2, 0.25) is 0 Å². The predicted molar refractivity (Wildman–Crippen MR) is 125 cm³/mol. The van der Waals surface area contributed by atoms with Gasteiger partial charge in [-0.1, -0.05) is 18.1 Å². The quantitative estimate of drug-likeness (QED) is 0.264. The van der Waals surface area contributed by atoms with Crippen LogP contribution >= 0.6 is 0 Å². The Balaban J connectivity index is 1.75. The number of carbonyl (C=O) groups excluding carboxylic acids is 1. The van der Waals surface area contributed by atoms with Gasteiger partial charge in [-0.05, 0) is 60.7 Å². The minimum absolute atomic E-state index is 0.0323. The third-order valence-corrected chi connectivity index (χ3v) is 7.62. The fraction of sp³-hybridized carbons (Fsp3) is 0.250. The summed E-state index contributed by atoms with van der Waals surface area (Å²) < 4.78 is 28.9. The Morgan fingerprint density at radius 2 is 1.82 bits per heavy atom. The molecule has 3 aromatic rings. The summed E-state index contributed by atoms with van der Waals surface area (Å²) in [6, 6.07) is 13.7. The molecule has 1 aromatic carbocycles. The highest BCUT2D eigenvalue weighted by Gasteiger charge is 2.43. The molecule has 2 heterocycles. The van der Waals surface area contributed by atoms with Crippen LogP contribution in [0, 0.1) is 11.8 Å². The lowest BCUT2D eigenvalue weighted by molar-refractivity contribution is -0.131. The number of aliphatic hydroxyl groups excluding tert-OH is 1. The van der Waals surface area contributed by atoms with Gasteiger partial charge in [0.25, 0.3) is 11.5 Å². The molecular formula is C24H24N2O7S. The molecule has 0 bridgehead atoms. The second-order valence-electron chi connectivity index (χ2n) is 7.89. The summed E-state index contributed by atoms with van der Waals surface area (Å²) in [6.07, 6.45) is 2.24. The largest absolute Gasteiger partial charge is 0.450 e. The van der Waals surface area contributed by atoms with Gasteiger partial charge in [-0.25, -0.2) is 13.9 Å². The van der Waals surface area contributed by atoms with Gasteiger partial charge in [0.1, 0.15) is 12.4 Å². The number of nitrogens with zero attached hydrogens (tertiary/aromatic N) is 1. The number of hydroxylamine groups is 1. The van der Waals surface area contributed by atoms with Gasteiger partial charge in [0, 0.05) is 30.6 Å². The van der Waals surface area contributed by atoms with Crippen molar-refractivity contribution >= 4 is 15.7 Å². The minimum atomic E-state index is -3.85. The van der Waals surface area contributed by atoms with Crippen LogP contribution in [0.5, 0.6) is 0 Å². The van der Waals surface area contributed by atoms with Crippen LogP contribution in [0.3, 0.4) is 0 Å². The van der Waals surface area contributed by atoms with E-state index in [1.807, 2.05) is 12.1 Å². The Hall–Kier alpha value is -3.65. The van der Waals surface area contributed by atoms with E-state index in [-0.39, 0.29) is 25.1 Å². The number of nitrogens with one attached hydrogen (secondary N) is 1. The molecule has 0 saturated carbocycles. The topological polar surface area (TPSA) is 139 Å². The summed E-state index contributed by atoms with van der Waals surface area (Å²) in [5.41, 5.74) is 3.22. The summed E-state index contributed by atoms with van der Waals surface area (Å²) in [5, 5.41) is 17.9. The highest BCUT2D eigenvalue weighted by molar-refractivity contribution is 7.92. The lowest BCUT2D eigenvalue weighted by Gasteiger charge is -2.25. The molecule has 178 valence electrons. The summed E-state index contributed by atoms with van der Waals surface area (Å²) >= 11 is 0. The standard InChI is InChI=1S/C24H24N2O7S/c1-24(23(29)25-30,34(2,31)32)12-14-26-13-11-19(15-22(26)28)18-6-3-17(4-7-18)5-8-20-9-10-21(16-27)33-20/h3-4,6-7,9-11,13,15,27,30H,12,14,16H2,1-2H3,(H,25,29). The van der Waals surface area contributed by atoms with E-state index >= 15 is 0 Å². The van der Waals surface area contributed by atoms with Crippen molar-refractivity contribution < 1.29 is 27.9 Å². The number of pyridine rings is 1. The Bertz CT molecular complexity index is 1410. The fourth-order valence-corrected chi connectivity index (χ4v) is 4.05. The first-order valence-electron chi connectivity index (χ1n) is 10.2. The van der Waals surface area contributed by atoms with Crippen LogP contribution in [-0.2, 0) is 27.8 Å². The summed E-state index contributed by atoms with van der Waals surface area (Å²) in [4.78, 5) is 24.5. The molecule has 3 N–H and O–H groups in total. The molecule has 10 heteroatoms. The number of carbonyl (C=O) groups is 1. The van der Waals surface area contributed by atoms with Crippen LogP contribution in [-0.4, -0.2) is 40.2 Å². The Morgan fingerprint density at radius 1 is 1.12 bits per heavy atom. The molecule has 0 spiro atoms. The molecule has 0 radical (unpaired) electrons. The van der Waals surface area contributed by atoms with E-state index < -0.39 is 20.5 Å². The van der Waals surface area contributed by atoms with E-state index in [1.54, 1.807) is 30.3 Å². The fourth-order valence-electron chi connectivity index (χ4n) is 3.20. The average Bonchev–Trinajstić information content (AvgIpc) is 3.29. The van der Waals surface area contributed by atoms with Gasteiger partial charge in [-0.15, -0.1) is 0 Å². The molecule has 1 unspecified atom stereocenters. The van der Waals surface area contributed by atoms with Crippen molar-refractivity contribution in [3.05, 3.63) is 82.2 Å². The molecule has 0 saturated heterocycles. The predicted octanol–water partition coefficient (Wildman–Crippen LogP) is 1.70. The molecule has 0 aliphatic rings.